The van der Waals surface area contributed by atoms with Crippen LogP contribution in [0.4, 0.5) is 4.39 Å². The topological polar surface area (TPSA) is 47.8 Å². The molecule has 0 aliphatic rings. The molecule has 0 aliphatic heterocycles. The van der Waals surface area contributed by atoms with E-state index in [-0.39, 0.29) is 10.7 Å². The molecule has 82 valence electrons. The molecule has 0 N–H and O–H groups in total. The fraction of sp³-hybridized carbons (Fsp3) is 0.100. The lowest BCUT2D eigenvalue weighted by atomic mass is 10.2. The highest BCUT2D eigenvalue weighted by Crippen LogP contribution is 2.16. The minimum Gasteiger partial charge on any atom is -0.296 e. The first-order chi connectivity index (χ1) is 7.69. The van der Waals surface area contributed by atoms with Gasteiger partial charge in [-0.1, -0.05) is 22.9 Å². The van der Waals surface area contributed by atoms with Crippen molar-refractivity contribution in [2.75, 3.05) is 0 Å². The highest BCUT2D eigenvalue weighted by molar-refractivity contribution is 6.30. The maximum Gasteiger partial charge on any atom is 0.171 e. The zero-order chi connectivity index (χ0) is 11.5. The van der Waals surface area contributed by atoms with Crippen molar-refractivity contribution in [1.29, 1.82) is 0 Å². The predicted octanol–water partition coefficient (Wildman–Crippen LogP) is 1.93. The van der Waals surface area contributed by atoms with Gasteiger partial charge in [-0.25, -0.2) is 9.07 Å². The van der Waals surface area contributed by atoms with E-state index < -0.39 is 5.82 Å². The zero-order valence-corrected chi connectivity index (χ0v) is 8.86. The maximum atomic E-state index is 12.9. The van der Waals surface area contributed by atoms with Crippen molar-refractivity contribution in [3.05, 3.63) is 46.5 Å². The maximum absolute atomic E-state index is 12.9. The molecule has 0 spiro atoms. The number of rotatable bonds is 3. The van der Waals surface area contributed by atoms with Crippen molar-refractivity contribution in [2.45, 2.75) is 6.54 Å². The highest BCUT2D eigenvalue weighted by Gasteiger charge is 2.03. The van der Waals surface area contributed by atoms with Crippen LogP contribution in [-0.2, 0) is 6.54 Å². The summed E-state index contributed by atoms with van der Waals surface area (Å²) in [5.41, 5.74) is 1.04. The average molecular weight is 240 g/mol. The van der Waals surface area contributed by atoms with Gasteiger partial charge in [0.25, 0.3) is 0 Å². The van der Waals surface area contributed by atoms with Crippen LogP contribution in [0.5, 0.6) is 0 Å². The molecule has 1 aromatic carbocycles. The summed E-state index contributed by atoms with van der Waals surface area (Å²) in [6.07, 6.45) is 2.12. The van der Waals surface area contributed by atoms with Crippen molar-refractivity contribution in [3.8, 4) is 0 Å². The van der Waals surface area contributed by atoms with E-state index in [0.717, 1.165) is 5.56 Å². The number of hydrogen-bond acceptors (Lipinski definition) is 3. The number of hydrogen-bond donors (Lipinski definition) is 0. The SMILES string of the molecule is O=Cc1cn(Cc2ccc(F)c(Cl)c2)nn1. The van der Waals surface area contributed by atoms with Gasteiger partial charge in [0.15, 0.2) is 6.29 Å². The van der Waals surface area contributed by atoms with E-state index in [1.54, 1.807) is 6.07 Å². The molecule has 6 heteroatoms. The molecule has 2 aromatic rings. The van der Waals surface area contributed by atoms with Gasteiger partial charge >= 0.3 is 0 Å². The Morgan fingerprint density at radius 3 is 2.94 bits per heavy atom. The third kappa shape index (κ3) is 2.25. The lowest BCUT2D eigenvalue weighted by Gasteiger charge is -2.01. The molecular formula is C10H7ClFN3O. The largest absolute Gasteiger partial charge is 0.296 e. The van der Waals surface area contributed by atoms with Gasteiger partial charge in [0, 0.05) is 0 Å². The van der Waals surface area contributed by atoms with Crippen LogP contribution in [0.15, 0.2) is 24.4 Å². The molecule has 0 amide bonds. The Morgan fingerprint density at radius 1 is 1.50 bits per heavy atom. The van der Waals surface area contributed by atoms with Crippen molar-refractivity contribution in [3.63, 3.8) is 0 Å². The number of halogens is 2. The van der Waals surface area contributed by atoms with Gasteiger partial charge in [-0.05, 0) is 17.7 Å². The Morgan fingerprint density at radius 2 is 2.31 bits per heavy atom. The van der Waals surface area contributed by atoms with Crippen LogP contribution in [0.3, 0.4) is 0 Å². The Labute approximate surface area is 95.6 Å². The average Bonchev–Trinajstić information content (AvgIpc) is 2.71. The van der Waals surface area contributed by atoms with E-state index in [4.69, 9.17) is 11.6 Å². The number of carbonyl (C=O) groups is 1. The summed E-state index contributed by atoms with van der Waals surface area (Å²) in [6.45, 7) is 0.390. The minimum absolute atomic E-state index is 0.0632. The van der Waals surface area contributed by atoms with Crippen LogP contribution < -0.4 is 0 Å². The van der Waals surface area contributed by atoms with E-state index in [9.17, 15) is 9.18 Å². The molecule has 1 heterocycles. The van der Waals surface area contributed by atoms with Gasteiger partial charge in [-0.15, -0.1) is 5.10 Å². The number of nitrogens with zero attached hydrogens (tertiary/aromatic N) is 3. The summed E-state index contributed by atoms with van der Waals surface area (Å²) in [4.78, 5) is 10.4. The van der Waals surface area contributed by atoms with Gasteiger partial charge in [0.2, 0.25) is 0 Å². The lowest BCUT2D eigenvalue weighted by Crippen LogP contribution is -2.00. The number of benzene rings is 1. The van der Waals surface area contributed by atoms with Crippen molar-refractivity contribution in [2.24, 2.45) is 0 Å². The molecule has 16 heavy (non-hydrogen) atoms. The number of carbonyl (C=O) groups excluding carboxylic acids is 1. The summed E-state index contributed by atoms with van der Waals surface area (Å²) >= 11 is 5.64. The third-order valence-corrected chi connectivity index (χ3v) is 2.30. The minimum atomic E-state index is -0.461. The van der Waals surface area contributed by atoms with Gasteiger partial charge in [0.05, 0.1) is 17.8 Å². The first kappa shape index (κ1) is 10.8. The smallest absolute Gasteiger partial charge is 0.171 e. The monoisotopic (exact) mass is 239 g/mol. The Kier molecular flexibility index (Phi) is 2.96. The third-order valence-electron chi connectivity index (χ3n) is 2.01. The second-order valence-corrected chi connectivity index (χ2v) is 3.61. The normalized spacial score (nSPS) is 10.4. The van der Waals surface area contributed by atoms with Crippen LogP contribution >= 0.6 is 11.6 Å². The fourth-order valence-corrected chi connectivity index (χ4v) is 1.47. The summed E-state index contributed by atoms with van der Waals surface area (Å²) in [5.74, 6) is -0.461. The molecular weight excluding hydrogens is 233 g/mol. The molecule has 0 bridgehead atoms. The molecule has 4 nitrogen and oxygen atoms in total. The second kappa shape index (κ2) is 4.40. The molecule has 0 atom stereocenters. The summed E-state index contributed by atoms with van der Waals surface area (Å²) in [7, 11) is 0. The fourth-order valence-electron chi connectivity index (χ4n) is 1.27. The Balaban J connectivity index is 2.20. The van der Waals surface area contributed by atoms with Gasteiger partial charge in [-0.2, -0.15) is 0 Å². The Bertz CT molecular complexity index is 527. The number of aromatic nitrogens is 3. The van der Waals surface area contributed by atoms with Crippen LogP contribution in [0, 0.1) is 5.82 Å². The lowest BCUT2D eigenvalue weighted by molar-refractivity contribution is 0.111. The van der Waals surface area contributed by atoms with E-state index >= 15 is 0 Å². The summed E-state index contributed by atoms with van der Waals surface area (Å²) in [5, 5.41) is 7.40. The zero-order valence-electron chi connectivity index (χ0n) is 8.10. The van der Waals surface area contributed by atoms with E-state index in [1.807, 2.05) is 0 Å². The van der Waals surface area contributed by atoms with E-state index in [0.29, 0.717) is 12.8 Å². The summed E-state index contributed by atoms with van der Waals surface area (Å²) in [6, 6.07) is 4.40. The molecule has 2 rings (SSSR count). The molecule has 0 saturated heterocycles. The van der Waals surface area contributed by atoms with E-state index in [2.05, 4.69) is 10.3 Å². The van der Waals surface area contributed by atoms with Gasteiger partial charge < -0.3 is 0 Å². The predicted molar refractivity (Wildman–Crippen MR) is 55.9 cm³/mol. The van der Waals surface area contributed by atoms with Crippen molar-refractivity contribution in [1.82, 2.24) is 15.0 Å². The molecule has 0 aliphatic carbocycles. The second-order valence-electron chi connectivity index (χ2n) is 3.21. The van der Waals surface area contributed by atoms with Gasteiger partial charge in [-0.3, -0.25) is 4.79 Å². The summed E-state index contributed by atoms with van der Waals surface area (Å²) < 4.78 is 14.4. The quantitative estimate of drug-likeness (QED) is 0.769. The molecule has 0 radical (unpaired) electrons. The van der Waals surface area contributed by atoms with Gasteiger partial charge in [0.1, 0.15) is 11.5 Å². The van der Waals surface area contributed by atoms with Crippen LogP contribution in [-0.4, -0.2) is 21.3 Å². The molecule has 0 saturated carbocycles. The molecule has 0 fully saturated rings. The first-order valence-electron chi connectivity index (χ1n) is 4.48. The standard InChI is InChI=1S/C10H7ClFN3O/c11-9-3-7(1-2-10(9)12)4-15-5-8(6-16)13-14-15/h1-3,5-6H,4H2. The molecule has 0 unspecified atom stereocenters. The van der Waals surface area contributed by atoms with Crippen LogP contribution in [0.1, 0.15) is 16.1 Å². The number of aldehydes is 1. The van der Waals surface area contributed by atoms with Crippen LogP contribution in [0.25, 0.3) is 0 Å². The highest BCUT2D eigenvalue weighted by atomic mass is 35.5. The Hall–Kier alpha value is -1.75. The van der Waals surface area contributed by atoms with Crippen molar-refractivity contribution < 1.29 is 9.18 Å². The molecule has 1 aromatic heterocycles. The van der Waals surface area contributed by atoms with E-state index in [1.165, 1.54) is 23.0 Å². The van der Waals surface area contributed by atoms with Crippen LogP contribution in [0.2, 0.25) is 5.02 Å². The van der Waals surface area contributed by atoms with Crippen molar-refractivity contribution >= 4 is 17.9 Å². The first-order valence-corrected chi connectivity index (χ1v) is 4.86.